The Morgan fingerprint density at radius 1 is 1.47 bits per heavy atom. The van der Waals surface area contributed by atoms with Crippen LogP contribution in [0.5, 0.6) is 0 Å². The quantitative estimate of drug-likeness (QED) is 0.758. The number of aliphatic hydroxyl groups excluding tert-OH is 1. The molecule has 17 heavy (non-hydrogen) atoms. The number of aromatic nitrogens is 3. The molecular formula is C12H22N4O. The van der Waals surface area contributed by atoms with Gasteiger partial charge in [-0.05, 0) is 25.8 Å². The number of rotatable bonds is 5. The maximum absolute atomic E-state index is 9.94. The van der Waals surface area contributed by atoms with Gasteiger partial charge in [0.05, 0.1) is 24.0 Å². The molecule has 1 fully saturated rings. The normalized spacial score (nSPS) is 25.1. The molecule has 2 atom stereocenters. The van der Waals surface area contributed by atoms with Crippen LogP contribution in [0, 0.1) is 0 Å². The van der Waals surface area contributed by atoms with Gasteiger partial charge in [0, 0.05) is 6.54 Å². The van der Waals surface area contributed by atoms with Crippen LogP contribution in [0.1, 0.15) is 50.8 Å². The van der Waals surface area contributed by atoms with Gasteiger partial charge < -0.3 is 10.4 Å². The highest BCUT2D eigenvalue weighted by Gasteiger charge is 2.25. The Morgan fingerprint density at radius 2 is 2.29 bits per heavy atom. The maximum Gasteiger partial charge on any atom is 0.0964 e. The van der Waals surface area contributed by atoms with Crippen molar-refractivity contribution >= 4 is 0 Å². The molecular weight excluding hydrogens is 216 g/mol. The third-order valence-electron chi connectivity index (χ3n) is 3.32. The van der Waals surface area contributed by atoms with Crippen LogP contribution in [0.4, 0.5) is 0 Å². The minimum absolute atomic E-state index is 0.121. The molecule has 0 radical (unpaired) electrons. The van der Waals surface area contributed by atoms with Crippen LogP contribution in [0.15, 0.2) is 6.20 Å². The van der Waals surface area contributed by atoms with Crippen LogP contribution in [0.3, 0.4) is 0 Å². The van der Waals surface area contributed by atoms with E-state index in [-0.39, 0.29) is 12.1 Å². The second-order valence-corrected chi connectivity index (χ2v) is 4.79. The lowest BCUT2D eigenvalue weighted by atomic mass is 9.93. The van der Waals surface area contributed by atoms with Crippen molar-refractivity contribution < 1.29 is 5.11 Å². The van der Waals surface area contributed by atoms with Crippen molar-refractivity contribution in [2.24, 2.45) is 0 Å². The van der Waals surface area contributed by atoms with Gasteiger partial charge in [-0.1, -0.05) is 25.0 Å². The minimum Gasteiger partial charge on any atom is -0.391 e. The number of aliphatic hydroxyl groups is 1. The minimum atomic E-state index is -0.262. The molecule has 1 aromatic heterocycles. The number of hydrogen-bond acceptors (Lipinski definition) is 4. The predicted molar refractivity (Wildman–Crippen MR) is 65.5 cm³/mol. The summed E-state index contributed by atoms with van der Waals surface area (Å²) in [7, 11) is 0. The Labute approximate surface area is 102 Å². The zero-order valence-electron chi connectivity index (χ0n) is 10.5. The lowest BCUT2D eigenvalue weighted by Crippen LogP contribution is -2.28. The van der Waals surface area contributed by atoms with Crippen molar-refractivity contribution in [2.45, 2.75) is 57.7 Å². The van der Waals surface area contributed by atoms with Crippen molar-refractivity contribution in [3.63, 3.8) is 0 Å². The van der Waals surface area contributed by atoms with Crippen molar-refractivity contribution in [1.82, 2.24) is 20.3 Å². The largest absolute Gasteiger partial charge is 0.391 e. The Bertz CT molecular complexity index is 339. The number of hydrogen-bond donors (Lipinski definition) is 2. The molecule has 1 heterocycles. The van der Waals surface area contributed by atoms with E-state index in [2.05, 4.69) is 22.6 Å². The SMILES string of the molecule is CCCNCc1cn(C2CCCCC2O)nn1. The second kappa shape index (κ2) is 6.12. The summed E-state index contributed by atoms with van der Waals surface area (Å²) in [5, 5.41) is 21.5. The molecule has 2 unspecified atom stereocenters. The van der Waals surface area contributed by atoms with Crippen LogP contribution in [0.25, 0.3) is 0 Å². The predicted octanol–water partition coefficient (Wildman–Crippen LogP) is 1.25. The summed E-state index contributed by atoms with van der Waals surface area (Å²) in [5.41, 5.74) is 0.955. The van der Waals surface area contributed by atoms with Gasteiger partial charge in [0.2, 0.25) is 0 Å². The summed E-state index contributed by atoms with van der Waals surface area (Å²) in [4.78, 5) is 0. The Morgan fingerprint density at radius 3 is 3.06 bits per heavy atom. The average molecular weight is 238 g/mol. The fourth-order valence-electron chi connectivity index (χ4n) is 2.35. The van der Waals surface area contributed by atoms with E-state index in [0.717, 1.165) is 44.5 Å². The molecule has 0 bridgehead atoms. The van der Waals surface area contributed by atoms with Crippen LogP contribution >= 0.6 is 0 Å². The zero-order chi connectivity index (χ0) is 12.1. The topological polar surface area (TPSA) is 63.0 Å². The van der Waals surface area contributed by atoms with Crippen LogP contribution in [0.2, 0.25) is 0 Å². The molecule has 1 aliphatic carbocycles. The first kappa shape index (κ1) is 12.5. The third kappa shape index (κ3) is 3.26. The summed E-state index contributed by atoms with van der Waals surface area (Å²) < 4.78 is 1.84. The fraction of sp³-hybridized carbons (Fsp3) is 0.833. The molecule has 5 nitrogen and oxygen atoms in total. The van der Waals surface area contributed by atoms with Crippen molar-refractivity contribution in [2.75, 3.05) is 6.54 Å². The highest BCUT2D eigenvalue weighted by Crippen LogP contribution is 2.27. The molecule has 1 saturated carbocycles. The third-order valence-corrected chi connectivity index (χ3v) is 3.32. The second-order valence-electron chi connectivity index (χ2n) is 4.79. The molecule has 96 valence electrons. The highest BCUT2D eigenvalue weighted by molar-refractivity contribution is 4.94. The number of nitrogens with zero attached hydrogens (tertiary/aromatic N) is 3. The van der Waals surface area contributed by atoms with E-state index in [1.165, 1.54) is 6.42 Å². The van der Waals surface area contributed by atoms with Crippen LogP contribution in [-0.2, 0) is 6.54 Å². The van der Waals surface area contributed by atoms with E-state index >= 15 is 0 Å². The van der Waals surface area contributed by atoms with Gasteiger partial charge >= 0.3 is 0 Å². The zero-order valence-corrected chi connectivity index (χ0v) is 10.5. The van der Waals surface area contributed by atoms with E-state index in [0.29, 0.717) is 0 Å². The van der Waals surface area contributed by atoms with Gasteiger partial charge in [0.25, 0.3) is 0 Å². The van der Waals surface area contributed by atoms with Crippen molar-refractivity contribution in [3.8, 4) is 0 Å². The molecule has 2 N–H and O–H groups in total. The lowest BCUT2D eigenvalue weighted by Gasteiger charge is -2.27. The molecule has 5 heteroatoms. The van der Waals surface area contributed by atoms with Gasteiger partial charge in [-0.3, -0.25) is 0 Å². The van der Waals surface area contributed by atoms with Crippen LogP contribution < -0.4 is 5.32 Å². The van der Waals surface area contributed by atoms with E-state index in [1.54, 1.807) is 0 Å². The summed E-state index contributed by atoms with van der Waals surface area (Å²) in [5.74, 6) is 0. The van der Waals surface area contributed by atoms with E-state index in [9.17, 15) is 5.11 Å². The van der Waals surface area contributed by atoms with Gasteiger partial charge in [-0.25, -0.2) is 4.68 Å². The monoisotopic (exact) mass is 238 g/mol. The standard InChI is InChI=1S/C12H22N4O/c1-2-7-13-8-10-9-16(15-14-10)11-5-3-4-6-12(11)17/h9,11-13,17H,2-8H2,1H3. The van der Waals surface area contributed by atoms with E-state index in [1.807, 2.05) is 10.9 Å². The molecule has 0 saturated heterocycles. The first-order valence-electron chi connectivity index (χ1n) is 6.60. The van der Waals surface area contributed by atoms with Gasteiger partial charge in [-0.15, -0.1) is 5.10 Å². The fourth-order valence-corrected chi connectivity index (χ4v) is 2.35. The molecule has 1 aromatic rings. The van der Waals surface area contributed by atoms with E-state index < -0.39 is 0 Å². The molecule has 0 amide bonds. The van der Waals surface area contributed by atoms with Crippen molar-refractivity contribution in [1.29, 1.82) is 0 Å². The average Bonchev–Trinajstić information content (AvgIpc) is 2.79. The molecule has 0 aliphatic heterocycles. The summed E-state index contributed by atoms with van der Waals surface area (Å²) >= 11 is 0. The number of nitrogens with one attached hydrogen (secondary N) is 1. The molecule has 0 aromatic carbocycles. The Balaban J connectivity index is 1.92. The lowest BCUT2D eigenvalue weighted by molar-refractivity contribution is 0.0685. The summed E-state index contributed by atoms with van der Waals surface area (Å²) in [6.07, 6.45) is 7.00. The molecule has 2 rings (SSSR count). The van der Waals surface area contributed by atoms with Crippen molar-refractivity contribution in [3.05, 3.63) is 11.9 Å². The summed E-state index contributed by atoms with van der Waals surface area (Å²) in [6, 6.07) is 0.121. The van der Waals surface area contributed by atoms with Crippen LogP contribution in [-0.4, -0.2) is 32.7 Å². The maximum atomic E-state index is 9.94. The highest BCUT2D eigenvalue weighted by atomic mass is 16.3. The van der Waals surface area contributed by atoms with Gasteiger partial charge in [0.1, 0.15) is 0 Å². The Hall–Kier alpha value is -0.940. The first-order chi connectivity index (χ1) is 8.31. The smallest absolute Gasteiger partial charge is 0.0964 e. The summed E-state index contributed by atoms with van der Waals surface area (Å²) in [6.45, 7) is 3.90. The molecule has 0 spiro atoms. The molecule has 1 aliphatic rings. The van der Waals surface area contributed by atoms with E-state index in [4.69, 9.17) is 0 Å². The van der Waals surface area contributed by atoms with Gasteiger partial charge in [-0.2, -0.15) is 0 Å². The Kier molecular flexibility index (Phi) is 4.50. The van der Waals surface area contributed by atoms with Gasteiger partial charge in [0.15, 0.2) is 0 Å². The first-order valence-corrected chi connectivity index (χ1v) is 6.60.